The summed E-state index contributed by atoms with van der Waals surface area (Å²) in [5, 5.41) is 12.7. The van der Waals surface area contributed by atoms with Crippen LogP contribution in [0.1, 0.15) is 43.3 Å². The van der Waals surface area contributed by atoms with Gasteiger partial charge in [-0.3, -0.25) is 0 Å². The maximum absolute atomic E-state index is 10.7. The van der Waals surface area contributed by atoms with Gasteiger partial charge in [0.25, 0.3) is 0 Å². The Bertz CT molecular complexity index is 1110. The van der Waals surface area contributed by atoms with E-state index in [0.717, 1.165) is 17.7 Å². The molecule has 0 aromatic carbocycles. The number of nitrogens with two attached hydrogens (primary N) is 1. The molecule has 0 amide bonds. The van der Waals surface area contributed by atoms with E-state index in [0.29, 0.717) is 42.3 Å². The van der Waals surface area contributed by atoms with E-state index in [1.165, 1.54) is 0 Å². The number of aromatic nitrogens is 4. The van der Waals surface area contributed by atoms with Crippen molar-refractivity contribution in [2.24, 2.45) is 5.92 Å². The van der Waals surface area contributed by atoms with E-state index in [1.54, 1.807) is 17.7 Å². The predicted octanol–water partition coefficient (Wildman–Crippen LogP) is 2.81. The molecule has 3 N–H and O–H groups in total. The van der Waals surface area contributed by atoms with E-state index in [4.69, 9.17) is 5.73 Å². The van der Waals surface area contributed by atoms with Crippen LogP contribution in [-0.2, 0) is 6.54 Å². The van der Waals surface area contributed by atoms with Crippen LogP contribution >= 0.6 is 11.3 Å². The van der Waals surface area contributed by atoms with Gasteiger partial charge in [-0.25, -0.2) is 15.0 Å². The van der Waals surface area contributed by atoms with E-state index in [-0.39, 0.29) is 5.82 Å². The third kappa shape index (κ3) is 4.01. The number of hydrogen-bond acceptors (Lipinski definition) is 6. The molecular formula is C21H21N5OS. The van der Waals surface area contributed by atoms with Crippen LogP contribution in [-0.4, -0.2) is 30.2 Å². The fraction of sp³-hybridized carbons (Fsp3) is 0.381. The van der Waals surface area contributed by atoms with Crippen LogP contribution < -0.4 is 5.73 Å². The van der Waals surface area contributed by atoms with Crippen LogP contribution in [0.4, 0.5) is 5.82 Å². The van der Waals surface area contributed by atoms with Gasteiger partial charge in [-0.1, -0.05) is 37.2 Å². The van der Waals surface area contributed by atoms with Gasteiger partial charge in [0.2, 0.25) is 5.82 Å². The van der Waals surface area contributed by atoms with Crippen LogP contribution in [0.5, 0.6) is 0 Å². The lowest BCUT2D eigenvalue weighted by Crippen LogP contribution is -2.32. The zero-order valence-electron chi connectivity index (χ0n) is 15.6. The highest BCUT2D eigenvalue weighted by atomic mass is 32.1. The van der Waals surface area contributed by atoms with Gasteiger partial charge >= 0.3 is 0 Å². The van der Waals surface area contributed by atoms with Crippen molar-refractivity contribution in [1.82, 2.24) is 19.5 Å². The monoisotopic (exact) mass is 391 g/mol. The topological polar surface area (TPSA) is 89.9 Å². The van der Waals surface area contributed by atoms with Crippen LogP contribution in [0.2, 0.25) is 0 Å². The summed E-state index contributed by atoms with van der Waals surface area (Å²) < 4.78 is 1.83. The molecule has 2 atom stereocenters. The first-order chi connectivity index (χ1) is 13.5. The van der Waals surface area contributed by atoms with Gasteiger partial charge in [0, 0.05) is 0 Å². The van der Waals surface area contributed by atoms with E-state index in [1.807, 2.05) is 22.1 Å². The van der Waals surface area contributed by atoms with Crippen molar-refractivity contribution in [2.75, 3.05) is 5.73 Å². The smallest absolute Gasteiger partial charge is 0.209 e. The molecular weight excluding hydrogens is 370 g/mol. The minimum absolute atomic E-state index is 0.281. The number of aliphatic hydroxyl groups is 1. The van der Waals surface area contributed by atoms with E-state index >= 15 is 0 Å². The maximum atomic E-state index is 10.7. The first kappa shape index (κ1) is 18.5. The molecule has 7 heteroatoms. The SMILES string of the molecule is C[C@@H]1CCC[C@@](O)(C#Cc2nc(N)c3ncn(CC#Cc4cccs4)c3n2)C1. The minimum atomic E-state index is -0.975. The zero-order valence-corrected chi connectivity index (χ0v) is 16.5. The second-order valence-electron chi connectivity index (χ2n) is 7.24. The number of thiophene rings is 1. The molecule has 3 heterocycles. The summed E-state index contributed by atoms with van der Waals surface area (Å²) in [6, 6.07) is 3.95. The average molecular weight is 392 g/mol. The Morgan fingerprint density at radius 2 is 2.29 bits per heavy atom. The fourth-order valence-electron chi connectivity index (χ4n) is 3.51. The van der Waals surface area contributed by atoms with Gasteiger partial charge in [0.15, 0.2) is 11.5 Å². The highest BCUT2D eigenvalue weighted by molar-refractivity contribution is 7.10. The quantitative estimate of drug-likeness (QED) is 0.623. The summed E-state index contributed by atoms with van der Waals surface area (Å²) >= 11 is 1.60. The molecule has 142 valence electrons. The molecule has 3 aromatic heterocycles. The van der Waals surface area contributed by atoms with Crippen LogP contribution in [0, 0.1) is 29.6 Å². The Labute approximate surface area is 167 Å². The molecule has 1 aliphatic rings. The fourth-order valence-corrected chi connectivity index (χ4v) is 4.10. The lowest BCUT2D eigenvalue weighted by Gasteiger charge is -2.30. The summed E-state index contributed by atoms with van der Waals surface area (Å²) in [6.07, 6.45) is 5.12. The van der Waals surface area contributed by atoms with Gasteiger partial charge in [-0.2, -0.15) is 0 Å². The molecule has 0 saturated heterocycles. The van der Waals surface area contributed by atoms with Gasteiger partial charge in [0.1, 0.15) is 11.1 Å². The number of hydrogen-bond donors (Lipinski definition) is 2. The Morgan fingerprint density at radius 1 is 1.39 bits per heavy atom. The third-order valence-electron chi connectivity index (χ3n) is 4.85. The minimum Gasteiger partial charge on any atom is -0.382 e. The number of imidazole rings is 1. The Balaban J connectivity index is 1.61. The molecule has 1 fully saturated rings. The van der Waals surface area contributed by atoms with Crippen LogP contribution in [0.15, 0.2) is 23.8 Å². The highest BCUT2D eigenvalue weighted by Crippen LogP contribution is 2.31. The lowest BCUT2D eigenvalue weighted by atomic mass is 9.79. The Hall–Kier alpha value is -2.87. The van der Waals surface area contributed by atoms with E-state index in [9.17, 15) is 5.11 Å². The van der Waals surface area contributed by atoms with E-state index in [2.05, 4.69) is 45.6 Å². The highest BCUT2D eigenvalue weighted by Gasteiger charge is 2.30. The summed E-state index contributed by atoms with van der Waals surface area (Å²) in [5.74, 6) is 13.2. The number of fused-ring (bicyclic) bond motifs is 1. The number of nitrogens with zero attached hydrogens (tertiary/aromatic N) is 4. The standard InChI is InChI=1S/C21H21N5OS/c1-15-5-2-9-21(27,13-15)10-8-17-24-19(22)18-20(25-17)26(14-23-18)11-3-6-16-7-4-12-28-16/h4,7,12,14-15,27H,2,5,9,11,13H2,1H3,(H2,22,24,25)/t15-,21-/m1/s1. The van der Waals surface area contributed by atoms with Crippen molar-refractivity contribution in [2.45, 2.75) is 44.8 Å². The molecule has 6 nitrogen and oxygen atoms in total. The first-order valence-corrected chi connectivity index (χ1v) is 10.2. The van der Waals surface area contributed by atoms with Crippen LogP contribution in [0.25, 0.3) is 11.2 Å². The lowest BCUT2D eigenvalue weighted by molar-refractivity contribution is 0.0410. The summed E-state index contributed by atoms with van der Waals surface area (Å²) in [6.45, 7) is 2.58. The maximum Gasteiger partial charge on any atom is 0.209 e. The third-order valence-corrected chi connectivity index (χ3v) is 5.64. The molecule has 4 rings (SSSR count). The molecule has 0 radical (unpaired) electrons. The van der Waals surface area contributed by atoms with Gasteiger partial charge in [-0.05, 0) is 42.5 Å². The second kappa shape index (κ2) is 7.63. The summed E-state index contributed by atoms with van der Waals surface area (Å²) in [7, 11) is 0. The van der Waals surface area contributed by atoms with Crippen molar-refractivity contribution in [1.29, 1.82) is 0 Å². The van der Waals surface area contributed by atoms with Crippen molar-refractivity contribution in [3.8, 4) is 23.7 Å². The first-order valence-electron chi connectivity index (χ1n) is 9.29. The molecule has 1 aliphatic carbocycles. The number of rotatable bonds is 1. The van der Waals surface area contributed by atoms with Gasteiger partial charge in [-0.15, -0.1) is 11.3 Å². The molecule has 0 spiro atoms. The average Bonchev–Trinajstić information content (AvgIpc) is 3.31. The number of anilines is 1. The molecule has 1 saturated carbocycles. The largest absolute Gasteiger partial charge is 0.382 e. The summed E-state index contributed by atoms with van der Waals surface area (Å²) in [5.41, 5.74) is 6.21. The Morgan fingerprint density at radius 3 is 3.07 bits per heavy atom. The number of nitrogen functional groups attached to an aromatic ring is 1. The van der Waals surface area contributed by atoms with Gasteiger partial charge < -0.3 is 15.4 Å². The van der Waals surface area contributed by atoms with Crippen LogP contribution in [0.3, 0.4) is 0 Å². The zero-order chi connectivity index (χ0) is 19.6. The molecule has 0 bridgehead atoms. The van der Waals surface area contributed by atoms with Crippen molar-refractivity contribution in [3.05, 3.63) is 34.5 Å². The molecule has 3 aromatic rings. The van der Waals surface area contributed by atoms with Crippen molar-refractivity contribution < 1.29 is 5.11 Å². The predicted molar refractivity (Wildman–Crippen MR) is 110 cm³/mol. The normalized spacial score (nSPS) is 21.6. The van der Waals surface area contributed by atoms with Crippen molar-refractivity contribution >= 4 is 28.3 Å². The van der Waals surface area contributed by atoms with Crippen molar-refractivity contribution in [3.63, 3.8) is 0 Å². The Kier molecular flexibility index (Phi) is 5.04. The second-order valence-corrected chi connectivity index (χ2v) is 8.19. The molecule has 0 aliphatic heterocycles. The van der Waals surface area contributed by atoms with E-state index < -0.39 is 5.60 Å². The van der Waals surface area contributed by atoms with Gasteiger partial charge in [0.05, 0.1) is 17.7 Å². The summed E-state index contributed by atoms with van der Waals surface area (Å²) in [4.78, 5) is 14.1. The molecule has 0 unspecified atom stereocenters. The molecule has 28 heavy (non-hydrogen) atoms.